The van der Waals surface area contributed by atoms with Crippen molar-refractivity contribution in [3.63, 3.8) is 0 Å². The van der Waals surface area contributed by atoms with Crippen molar-refractivity contribution in [1.82, 2.24) is 9.62 Å². The fourth-order valence-electron chi connectivity index (χ4n) is 3.75. The van der Waals surface area contributed by atoms with E-state index in [9.17, 15) is 18.0 Å². The minimum absolute atomic E-state index is 0.00919. The monoisotopic (exact) mass is 379 g/mol. The first kappa shape index (κ1) is 18.8. The molecule has 0 radical (unpaired) electrons. The van der Waals surface area contributed by atoms with Crippen molar-refractivity contribution in [2.75, 3.05) is 24.5 Å². The quantitative estimate of drug-likeness (QED) is 0.835. The van der Waals surface area contributed by atoms with Gasteiger partial charge in [0.2, 0.25) is 21.8 Å². The first-order chi connectivity index (χ1) is 12.3. The van der Waals surface area contributed by atoms with Crippen LogP contribution in [0.3, 0.4) is 0 Å². The number of nitrogens with zero attached hydrogens (tertiary/aromatic N) is 2. The van der Waals surface area contributed by atoms with Crippen LogP contribution in [-0.2, 0) is 26.0 Å². The molecule has 3 rings (SSSR count). The fourth-order valence-corrected chi connectivity index (χ4v) is 4.84. The molecule has 0 unspecified atom stereocenters. The molecule has 1 fully saturated rings. The molecule has 0 saturated carbocycles. The Bertz CT molecular complexity index is 816. The van der Waals surface area contributed by atoms with Gasteiger partial charge in [0.05, 0.1) is 4.90 Å². The van der Waals surface area contributed by atoms with Gasteiger partial charge < -0.3 is 9.80 Å². The van der Waals surface area contributed by atoms with Crippen LogP contribution in [0, 0.1) is 0 Å². The van der Waals surface area contributed by atoms with Gasteiger partial charge in [0, 0.05) is 44.7 Å². The Balaban J connectivity index is 1.66. The lowest BCUT2D eigenvalue weighted by molar-refractivity contribution is -0.129. The van der Waals surface area contributed by atoms with Crippen molar-refractivity contribution in [2.45, 2.75) is 50.5 Å². The van der Waals surface area contributed by atoms with Crippen molar-refractivity contribution in [2.24, 2.45) is 0 Å². The number of carbonyl (C=O) groups is 2. The minimum atomic E-state index is -3.68. The summed E-state index contributed by atoms with van der Waals surface area (Å²) in [7, 11) is -3.68. The third kappa shape index (κ3) is 3.76. The lowest BCUT2D eigenvalue weighted by atomic mass is 10.1. The molecule has 1 N–H and O–H groups in total. The summed E-state index contributed by atoms with van der Waals surface area (Å²) in [5, 5.41) is 0. The molecule has 26 heavy (non-hydrogen) atoms. The van der Waals surface area contributed by atoms with Crippen molar-refractivity contribution in [1.29, 1.82) is 0 Å². The molecule has 7 nitrogen and oxygen atoms in total. The number of amides is 2. The maximum Gasteiger partial charge on any atom is 0.240 e. The van der Waals surface area contributed by atoms with Crippen LogP contribution < -0.4 is 9.62 Å². The van der Waals surface area contributed by atoms with E-state index >= 15 is 0 Å². The molecule has 1 aromatic rings. The van der Waals surface area contributed by atoms with E-state index in [4.69, 9.17) is 0 Å². The molecule has 142 valence electrons. The predicted molar refractivity (Wildman–Crippen MR) is 98.4 cm³/mol. The molecule has 1 saturated heterocycles. The minimum Gasteiger partial charge on any atom is -0.343 e. The SMILES string of the molecule is CC(=O)N1c2ccc(S(=O)(=O)NCCC(=O)N3CCCC3)cc2C[C@@H]1C. The largest absolute Gasteiger partial charge is 0.343 e. The molecular weight excluding hydrogens is 354 g/mol. The van der Waals surface area contributed by atoms with Gasteiger partial charge in [-0.15, -0.1) is 0 Å². The molecule has 2 aliphatic heterocycles. The molecule has 8 heteroatoms. The van der Waals surface area contributed by atoms with E-state index in [1.807, 2.05) is 6.92 Å². The molecule has 0 aliphatic carbocycles. The molecule has 2 heterocycles. The van der Waals surface area contributed by atoms with Crippen LogP contribution in [0.15, 0.2) is 23.1 Å². The molecule has 0 aromatic heterocycles. The third-order valence-corrected chi connectivity index (χ3v) is 6.46. The standard InChI is InChI=1S/C18H25N3O4S/c1-13-11-15-12-16(5-6-17(15)21(13)14(2)22)26(24,25)19-8-7-18(23)20-9-3-4-10-20/h5-6,12-13,19H,3-4,7-11H2,1-2H3/t13-/m0/s1. The van der Waals surface area contributed by atoms with Gasteiger partial charge >= 0.3 is 0 Å². The number of carbonyl (C=O) groups excluding carboxylic acids is 2. The smallest absolute Gasteiger partial charge is 0.240 e. The Morgan fingerprint density at radius 1 is 1.23 bits per heavy atom. The van der Waals surface area contributed by atoms with Gasteiger partial charge in [-0.3, -0.25) is 9.59 Å². The van der Waals surface area contributed by atoms with Crippen LogP contribution >= 0.6 is 0 Å². The second kappa shape index (κ2) is 7.36. The molecule has 2 amide bonds. The highest BCUT2D eigenvalue weighted by Gasteiger charge is 2.30. The van der Waals surface area contributed by atoms with Gasteiger partial charge in [-0.2, -0.15) is 0 Å². The molecular formula is C18H25N3O4S. The highest BCUT2D eigenvalue weighted by Crippen LogP contribution is 2.33. The van der Waals surface area contributed by atoms with E-state index in [0.29, 0.717) is 6.42 Å². The fraction of sp³-hybridized carbons (Fsp3) is 0.556. The predicted octanol–water partition coefficient (Wildman–Crippen LogP) is 1.27. The van der Waals surface area contributed by atoms with Crippen LogP contribution in [0.1, 0.15) is 38.7 Å². The van der Waals surface area contributed by atoms with Crippen LogP contribution in [0.5, 0.6) is 0 Å². The summed E-state index contributed by atoms with van der Waals surface area (Å²) in [5.41, 5.74) is 1.62. The number of hydrogen-bond donors (Lipinski definition) is 1. The summed E-state index contributed by atoms with van der Waals surface area (Å²) < 4.78 is 27.5. The highest BCUT2D eigenvalue weighted by molar-refractivity contribution is 7.89. The normalized spacial score (nSPS) is 19.7. The Kier molecular flexibility index (Phi) is 5.34. The van der Waals surface area contributed by atoms with E-state index in [0.717, 1.165) is 37.2 Å². The molecule has 1 atom stereocenters. The van der Waals surface area contributed by atoms with Crippen molar-refractivity contribution in [3.05, 3.63) is 23.8 Å². The summed E-state index contributed by atoms with van der Waals surface area (Å²) in [6, 6.07) is 4.84. The van der Waals surface area contributed by atoms with E-state index in [1.54, 1.807) is 21.9 Å². The first-order valence-electron chi connectivity index (χ1n) is 9.00. The molecule has 1 aromatic carbocycles. The molecule has 0 bridgehead atoms. The summed E-state index contributed by atoms with van der Waals surface area (Å²) in [4.78, 5) is 27.4. The number of sulfonamides is 1. The van der Waals surface area contributed by atoms with Gasteiger partial charge in [-0.1, -0.05) is 0 Å². The summed E-state index contributed by atoms with van der Waals surface area (Å²) in [6.45, 7) is 5.07. The zero-order valence-corrected chi connectivity index (χ0v) is 16.0. The van der Waals surface area contributed by atoms with Crippen LogP contribution in [-0.4, -0.2) is 50.8 Å². The number of anilines is 1. The van der Waals surface area contributed by atoms with Gasteiger partial charge in [0.25, 0.3) is 0 Å². The first-order valence-corrected chi connectivity index (χ1v) is 10.5. The Labute approximate surface area is 154 Å². The Morgan fingerprint density at radius 2 is 1.92 bits per heavy atom. The van der Waals surface area contributed by atoms with Crippen LogP contribution in [0.2, 0.25) is 0 Å². The third-order valence-electron chi connectivity index (χ3n) is 5.01. The summed E-state index contributed by atoms with van der Waals surface area (Å²) in [6.07, 6.45) is 2.83. The van der Waals surface area contributed by atoms with E-state index in [-0.39, 0.29) is 35.7 Å². The van der Waals surface area contributed by atoms with Gasteiger partial charge in [0.15, 0.2) is 0 Å². The maximum absolute atomic E-state index is 12.5. The number of fused-ring (bicyclic) bond motifs is 1. The summed E-state index contributed by atoms with van der Waals surface area (Å²) >= 11 is 0. The van der Waals surface area contributed by atoms with Gasteiger partial charge in [-0.25, -0.2) is 13.1 Å². The average molecular weight is 379 g/mol. The van der Waals surface area contributed by atoms with E-state index < -0.39 is 10.0 Å². The molecule has 0 spiro atoms. The maximum atomic E-state index is 12.5. The summed E-state index contributed by atoms with van der Waals surface area (Å²) in [5.74, 6) is -0.0597. The number of nitrogens with one attached hydrogen (secondary N) is 1. The van der Waals surface area contributed by atoms with Gasteiger partial charge in [-0.05, 0) is 49.9 Å². The lowest BCUT2D eigenvalue weighted by Gasteiger charge is -2.20. The second-order valence-electron chi connectivity index (χ2n) is 6.97. The van der Waals surface area contributed by atoms with E-state index in [1.165, 1.54) is 13.0 Å². The Hall–Kier alpha value is -1.93. The van der Waals surface area contributed by atoms with Crippen LogP contribution in [0.4, 0.5) is 5.69 Å². The number of hydrogen-bond acceptors (Lipinski definition) is 4. The van der Waals surface area contributed by atoms with Crippen molar-refractivity contribution >= 4 is 27.5 Å². The van der Waals surface area contributed by atoms with Crippen molar-refractivity contribution < 1.29 is 18.0 Å². The average Bonchev–Trinajstić information content (AvgIpc) is 3.20. The number of likely N-dealkylation sites (tertiary alicyclic amines) is 1. The van der Waals surface area contributed by atoms with Crippen molar-refractivity contribution in [3.8, 4) is 0 Å². The topological polar surface area (TPSA) is 86.8 Å². The number of rotatable bonds is 5. The van der Waals surface area contributed by atoms with E-state index in [2.05, 4.69) is 4.72 Å². The zero-order valence-electron chi connectivity index (χ0n) is 15.2. The Morgan fingerprint density at radius 3 is 2.58 bits per heavy atom. The zero-order chi connectivity index (χ0) is 18.9. The van der Waals surface area contributed by atoms with Gasteiger partial charge in [0.1, 0.15) is 0 Å². The second-order valence-corrected chi connectivity index (χ2v) is 8.74. The van der Waals surface area contributed by atoms with Crippen LogP contribution in [0.25, 0.3) is 0 Å². The lowest BCUT2D eigenvalue weighted by Crippen LogP contribution is -2.33. The molecule has 2 aliphatic rings. The number of benzene rings is 1. The highest BCUT2D eigenvalue weighted by atomic mass is 32.2.